The number of hydrogen-bond acceptors (Lipinski definition) is 7. The maximum atomic E-state index is 13.6. The highest BCUT2D eigenvalue weighted by molar-refractivity contribution is 9.10. The number of carbonyl (C=O) groups excluding carboxylic acids is 2. The van der Waals surface area contributed by atoms with Gasteiger partial charge in [-0.1, -0.05) is 11.6 Å². The number of thiophene rings is 1. The topological polar surface area (TPSA) is 98.5 Å². The summed E-state index contributed by atoms with van der Waals surface area (Å²) in [5, 5.41) is 7.83. The van der Waals surface area contributed by atoms with Crippen LogP contribution in [0.15, 0.2) is 39.7 Å². The maximum Gasteiger partial charge on any atom is 0.261 e. The molecule has 1 aliphatic rings. The normalized spacial score (nSPS) is 14.1. The predicted molar refractivity (Wildman–Crippen MR) is 153 cm³/mol. The summed E-state index contributed by atoms with van der Waals surface area (Å²) in [6.45, 7) is 5.55. The van der Waals surface area contributed by atoms with Crippen LogP contribution in [-0.2, 0) is 22.6 Å². The zero-order valence-corrected chi connectivity index (χ0v) is 24.8. The van der Waals surface area contributed by atoms with Gasteiger partial charge in [0.05, 0.1) is 28.5 Å². The van der Waals surface area contributed by atoms with Crippen LogP contribution in [0.25, 0.3) is 11.3 Å². The molecule has 0 saturated carbocycles. The van der Waals surface area contributed by atoms with Crippen molar-refractivity contribution in [3.63, 3.8) is 0 Å². The lowest BCUT2D eigenvalue weighted by atomic mass is 9.94. The number of aromatic nitrogens is 3. The largest absolute Gasteiger partial charge is 0.384 e. The Morgan fingerprint density at radius 3 is 2.61 bits per heavy atom. The molecule has 0 atom stereocenters. The fraction of sp³-hybridized carbons (Fsp3) is 0.462. The Bertz CT molecular complexity index is 1380. The van der Waals surface area contributed by atoms with Crippen LogP contribution in [0.1, 0.15) is 42.8 Å². The molecule has 4 heterocycles. The van der Waals surface area contributed by atoms with Crippen molar-refractivity contribution in [2.75, 3.05) is 32.1 Å². The van der Waals surface area contributed by atoms with Gasteiger partial charge >= 0.3 is 0 Å². The molecule has 9 nitrogen and oxygen atoms in total. The monoisotopic (exact) mass is 623 g/mol. The van der Waals surface area contributed by atoms with Crippen LogP contribution >= 0.6 is 38.9 Å². The zero-order valence-electron chi connectivity index (χ0n) is 21.6. The van der Waals surface area contributed by atoms with Crippen molar-refractivity contribution in [3.8, 4) is 11.3 Å². The highest BCUT2D eigenvalue weighted by atomic mass is 79.9. The molecule has 1 aliphatic heterocycles. The molecule has 0 bridgehead atoms. The number of likely N-dealkylation sites (tertiary alicyclic amines) is 1. The fourth-order valence-corrected chi connectivity index (χ4v) is 5.93. The molecule has 38 heavy (non-hydrogen) atoms. The number of nitrogens with one attached hydrogen (secondary N) is 1. The minimum atomic E-state index is -0.865. The molecule has 1 fully saturated rings. The highest BCUT2D eigenvalue weighted by Gasteiger charge is 2.32. The quantitative estimate of drug-likeness (QED) is 0.355. The van der Waals surface area contributed by atoms with Gasteiger partial charge < -0.3 is 19.5 Å². The molecule has 0 radical (unpaired) electrons. The second-order valence-electron chi connectivity index (χ2n) is 9.92. The van der Waals surface area contributed by atoms with Crippen LogP contribution < -0.4 is 10.9 Å². The summed E-state index contributed by atoms with van der Waals surface area (Å²) in [5.74, 6) is 0.0637. The number of methoxy groups -OCH3 is 1. The molecular formula is C26H31BrClN5O4S. The number of halogens is 2. The van der Waals surface area contributed by atoms with E-state index < -0.39 is 5.41 Å². The Labute approximate surface area is 238 Å². The first-order chi connectivity index (χ1) is 18.1. The second kappa shape index (κ2) is 12.1. The number of piperidine rings is 1. The van der Waals surface area contributed by atoms with Gasteiger partial charge in [0.2, 0.25) is 5.91 Å². The summed E-state index contributed by atoms with van der Waals surface area (Å²) in [6, 6.07) is 7.11. The van der Waals surface area contributed by atoms with E-state index in [4.69, 9.17) is 16.3 Å². The van der Waals surface area contributed by atoms with E-state index in [0.29, 0.717) is 40.0 Å². The van der Waals surface area contributed by atoms with Gasteiger partial charge in [-0.25, -0.2) is 0 Å². The summed E-state index contributed by atoms with van der Waals surface area (Å²) in [6.07, 6.45) is 4.67. The van der Waals surface area contributed by atoms with E-state index >= 15 is 0 Å². The summed E-state index contributed by atoms with van der Waals surface area (Å²) in [4.78, 5) is 42.7. The molecule has 0 aliphatic carbocycles. The minimum Gasteiger partial charge on any atom is -0.384 e. The summed E-state index contributed by atoms with van der Waals surface area (Å²) in [7, 11) is 1.54. The number of pyridine rings is 1. The highest BCUT2D eigenvalue weighted by Crippen LogP contribution is 2.30. The third-order valence-corrected chi connectivity index (χ3v) is 8.34. The van der Waals surface area contributed by atoms with E-state index in [0.717, 1.165) is 24.1 Å². The van der Waals surface area contributed by atoms with Crippen molar-refractivity contribution >= 4 is 56.5 Å². The minimum absolute atomic E-state index is 0.0517. The van der Waals surface area contributed by atoms with E-state index in [1.165, 1.54) is 27.7 Å². The Hall–Kier alpha value is -2.47. The second-order valence-corrected chi connectivity index (χ2v) is 12.6. The van der Waals surface area contributed by atoms with Crippen LogP contribution in [-0.4, -0.2) is 57.9 Å². The molecule has 3 aromatic rings. The van der Waals surface area contributed by atoms with Gasteiger partial charge in [0.1, 0.15) is 18.1 Å². The molecule has 204 valence electrons. The van der Waals surface area contributed by atoms with Crippen molar-refractivity contribution in [1.82, 2.24) is 19.2 Å². The summed E-state index contributed by atoms with van der Waals surface area (Å²) < 4.78 is 9.13. The van der Waals surface area contributed by atoms with Crippen molar-refractivity contribution in [1.29, 1.82) is 0 Å². The molecule has 0 aromatic carbocycles. The third-order valence-electron chi connectivity index (χ3n) is 6.44. The molecule has 3 aromatic heterocycles. The first-order valence-electron chi connectivity index (χ1n) is 12.4. The zero-order chi connectivity index (χ0) is 27.4. The molecule has 1 N–H and O–H groups in total. The summed E-state index contributed by atoms with van der Waals surface area (Å²) in [5.41, 5.74) is -0.642. The van der Waals surface area contributed by atoms with Gasteiger partial charge in [0, 0.05) is 41.8 Å². The van der Waals surface area contributed by atoms with Gasteiger partial charge in [0.15, 0.2) is 0 Å². The average Bonchev–Trinajstić information content (AvgIpc) is 3.50. The van der Waals surface area contributed by atoms with Crippen LogP contribution in [0.3, 0.4) is 0 Å². The first kappa shape index (κ1) is 28.5. The Kier molecular flexibility index (Phi) is 9.12. The molecule has 12 heteroatoms. The van der Waals surface area contributed by atoms with Gasteiger partial charge in [0.25, 0.3) is 11.5 Å². The number of carbonyl (C=O) groups is 2. The van der Waals surface area contributed by atoms with Gasteiger partial charge in [-0.2, -0.15) is 9.78 Å². The van der Waals surface area contributed by atoms with Crippen LogP contribution in [0.2, 0.25) is 4.34 Å². The van der Waals surface area contributed by atoms with Gasteiger partial charge in [-0.15, -0.1) is 11.3 Å². The number of anilines is 1. The van der Waals surface area contributed by atoms with Crippen molar-refractivity contribution in [2.24, 2.45) is 5.41 Å². The Balaban J connectivity index is 1.70. The number of ether oxygens (including phenoxy) is 1. The SMILES string of the molecule is COCC(C)(C)C(=O)n1nc(-c2c(Br)ccn(CC(=O)N3CCCCC3)c2=O)cc1NCc1ccc(Cl)s1. The Morgan fingerprint density at radius 1 is 1.21 bits per heavy atom. The van der Waals surface area contributed by atoms with E-state index in [1.54, 1.807) is 32.2 Å². The third kappa shape index (κ3) is 6.39. The molecular weight excluding hydrogens is 594 g/mol. The number of rotatable bonds is 9. The van der Waals surface area contributed by atoms with Crippen molar-refractivity contribution < 1.29 is 14.3 Å². The van der Waals surface area contributed by atoms with E-state index in [1.807, 2.05) is 17.0 Å². The predicted octanol–water partition coefficient (Wildman–Crippen LogP) is 5.13. The molecule has 4 rings (SSSR count). The summed E-state index contributed by atoms with van der Waals surface area (Å²) >= 11 is 11.0. The average molecular weight is 625 g/mol. The van der Waals surface area contributed by atoms with E-state index in [9.17, 15) is 14.4 Å². The molecule has 1 amide bonds. The number of hydrogen-bond donors (Lipinski definition) is 1. The fourth-order valence-electron chi connectivity index (χ4n) is 4.42. The molecule has 0 spiro atoms. The van der Waals surface area contributed by atoms with Crippen molar-refractivity contribution in [2.45, 2.75) is 46.2 Å². The lowest BCUT2D eigenvalue weighted by molar-refractivity contribution is -0.132. The molecule has 0 unspecified atom stereocenters. The van der Waals surface area contributed by atoms with Gasteiger partial charge in [-0.05, 0) is 67.2 Å². The van der Waals surface area contributed by atoms with Crippen LogP contribution in [0.4, 0.5) is 5.82 Å². The maximum absolute atomic E-state index is 13.6. The van der Waals surface area contributed by atoms with Crippen molar-refractivity contribution in [3.05, 3.63) is 54.5 Å². The van der Waals surface area contributed by atoms with Crippen LogP contribution in [0, 0.1) is 5.41 Å². The lowest BCUT2D eigenvalue weighted by Gasteiger charge is -2.27. The standard InChI is InChI=1S/C26H31BrClN5O4S/c1-26(2,16-37-3)25(36)33-21(29-14-17-7-8-20(28)38-17)13-19(30-33)23-18(27)9-12-32(24(23)35)15-22(34)31-10-5-4-6-11-31/h7-9,12-13,29H,4-6,10-11,14-16H2,1-3H3. The first-order valence-corrected chi connectivity index (χ1v) is 14.4. The van der Waals surface area contributed by atoms with E-state index in [2.05, 4.69) is 26.3 Å². The smallest absolute Gasteiger partial charge is 0.261 e. The molecule has 1 saturated heterocycles. The lowest BCUT2D eigenvalue weighted by Crippen LogP contribution is -2.39. The number of amides is 1. The van der Waals surface area contributed by atoms with Crippen LogP contribution in [0.5, 0.6) is 0 Å². The van der Waals surface area contributed by atoms with E-state index in [-0.39, 0.29) is 36.1 Å². The van der Waals surface area contributed by atoms with Gasteiger partial charge in [-0.3, -0.25) is 14.4 Å². The number of nitrogens with zero attached hydrogens (tertiary/aromatic N) is 4. The Morgan fingerprint density at radius 2 is 1.95 bits per heavy atom.